The lowest BCUT2D eigenvalue weighted by Crippen LogP contribution is -2.45. The molecule has 1 aromatic carbocycles. The molecule has 1 aromatic rings. The molecule has 1 fully saturated rings. The van der Waals surface area contributed by atoms with Crippen molar-refractivity contribution in [2.45, 2.75) is 32.4 Å². The van der Waals surface area contributed by atoms with Crippen LogP contribution >= 0.6 is 0 Å². The van der Waals surface area contributed by atoms with Gasteiger partial charge in [0.25, 0.3) is 0 Å². The van der Waals surface area contributed by atoms with Gasteiger partial charge in [-0.2, -0.15) is 0 Å². The van der Waals surface area contributed by atoms with Crippen molar-refractivity contribution in [1.29, 1.82) is 0 Å². The number of carbonyl (C=O) groups excluding carboxylic acids is 1. The summed E-state index contributed by atoms with van der Waals surface area (Å²) in [4.78, 5) is 14.0. The van der Waals surface area contributed by atoms with Crippen LogP contribution in [-0.2, 0) is 9.47 Å². The number of rotatable bonds is 1. The Bertz CT molecular complexity index is 482. The average molecular weight is 278 g/mol. The van der Waals surface area contributed by atoms with Gasteiger partial charge in [-0.1, -0.05) is 12.1 Å². The van der Waals surface area contributed by atoms with Crippen LogP contribution in [0.1, 0.15) is 32.4 Å². The van der Waals surface area contributed by atoms with Crippen LogP contribution < -0.4 is 5.73 Å². The molecule has 110 valence electrons. The average Bonchev–Trinajstić information content (AvgIpc) is 2.37. The van der Waals surface area contributed by atoms with Crippen LogP contribution in [0.25, 0.3) is 0 Å². The largest absolute Gasteiger partial charge is 0.444 e. The molecule has 0 spiro atoms. The number of hydrogen-bond acceptors (Lipinski definition) is 4. The predicted octanol–water partition coefficient (Wildman–Crippen LogP) is 2.58. The highest BCUT2D eigenvalue weighted by Crippen LogP contribution is 2.27. The van der Waals surface area contributed by atoms with Crippen molar-refractivity contribution < 1.29 is 14.3 Å². The molecule has 1 amide bonds. The Kier molecular flexibility index (Phi) is 4.18. The Morgan fingerprint density at radius 3 is 2.85 bits per heavy atom. The van der Waals surface area contributed by atoms with Gasteiger partial charge < -0.3 is 15.2 Å². The smallest absolute Gasteiger partial charge is 0.410 e. The number of ether oxygens (including phenoxy) is 2. The molecule has 0 radical (unpaired) electrons. The molecule has 20 heavy (non-hydrogen) atoms. The van der Waals surface area contributed by atoms with E-state index in [1.807, 2.05) is 45.0 Å². The molecule has 0 aromatic heterocycles. The minimum absolute atomic E-state index is 0.151. The molecule has 0 aliphatic carbocycles. The van der Waals surface area contributed by atoms with Crippen molar-refractivity contribution in [2.24, 2.45) is 0 Å². The highest BCUT2D eigenvalue weighted by atomic mass is 16.6. The lowest BCUT2D eigenvalue weighted by molar-refractivity contribution is -0.0331. The van der Waals surface area contributed by atoms with Crippen LogP contribution in [0.3, 0.4) is 0 Å². The fourth-order valence-corrected chi connectivity index (χ4v) is 2.19. The zero-order valence-electron chi connectivity index (χ0n) is 12.3. The van der Waals surface area contributed by atoms with Crippen LogP contribution in [-0.4, -0.2) is 36.4 Å². The van der Waals surface area contributed by atoms with Crippen LogP contribution in [0.15, 0.2) is 24.3 Å². The number of morpholine rings is 1. The molecule has 1 atom stereocenters. The molecule has 5 heteroatoms. The number of benzene rings is 1. The summed E-state index contributed by atoms with van der Waals surface area (Å²) < 4.78 is 11.0. The van der Waals surface area contributed by atoms with Crippen LogP contribution in [0.5, 0.6) is 0 Å². The normalized spacial score (nSPS) is 19.8. The summed E-state index contributed by atoms with van der Waals surface area (Å²) in [6.07, 6.45) is -0.312. The lowest BCUT2D eigenvalue weighted by atomic mass is 10.0. The van der Waals surface area contributed by atoms with E-state index in [1.54, 1.807) is 4.90 Å². The van der Waals surface area contributed by atoms with E-state index in [0.717, 1.165) is 5.56 Å². The monoisotopic (exact) mass is 278 g/mol. The van der Waals surface area contributed by atoms with Crippen molar-refractivity contribution in [3.63, 3.8) is 0 Å². The maximum atomic E-state index is 12.3. The summed E-state index contributed by atoms with van der Waals surface area (Å²) in [5.41, 5.74) is 6.95. The molecule has 1 aliphatic heterocycles. The van der Waals surface area contributed by atoms with E-state index in [1.165, 1.54) is 0 Å². The summed E-state index contributed by atoms with van der Waals surface area (Å²) in [6.45, 7) is 7.09. The fraction of sp³-hybridized carbons (Fsp3) is 0.533. The van der Waals surface area contributed by atoms with Crippen molar-refractivity contribution in [3.8, 4) is 0 Å². The molecule has 1 aliphatic rings. The summed E-state index contributed by atoms with van der Waals surface area (Å²) >= 11 is 0. The maximum Gasteiger partial charge on any atom is 0.410 e. The van der Waals surface area contributed by atoms with Gasteiger partial charge in [-0.15, -0.1) is 0 Å². The van der Waals surface area contributed by atoms with E-state index >= 15 is 0 Å². The molecule has 5 nitrogen and oxygen atoms in total. The first-order chi connectivity index (χ1) is 9.37. The van der Waals surface area contributed by atoms with E-state index in [-0.39, 0.29) is 12.1 Å². The zero-order chi connectivity index (χ0) is 14.8. The third-order valence-corrected chi connectivity index (χ3v) is 3.05. The summed E-state index contributed by atoms with van der Waals surface area (Å²) in [7, 11) is 0. The molecule has 0 bridgehead atoms. The number of nitrogens with two attached hydrogens (primary N) is 1. The van der Waals surface area contributed by atoms with Crippen molar-refractivity contribution in [2.75, 3.05) is 25.5 Å². The SMILES string of the molecule is CC(C)(C)OC(=O)N1CCOC[C@@H]1c1cccc(N)c1. The Morgan fingerprint density at radius 2 is 2.20 bits per heavy atom. The fourth-order valence-electron chi connectivity index (χ4n) is 2.19. The minimum Gasteiger partial charge on any atom is -0.444 e. The number of carbonyl (C=O) groups is 1. The Hall–Kier alpha value is -1.75. The number of hydrogen-bond donors (Lipinski definition) is 1. The van der Waals surface area contributed by atoms with Crippen LogP contribution in [0, 0.1) is 0 Å². The Morgan fingerprint density at radius 1 is 1.45 bits per heavy atom. The predicted molar refractivity (Wildman–Crippen MR) is 77.4 cm³/mol. The van der Waals surface area contributed by atoms with Crippen molar-refractivity contribution in [3.05, 3.63) is 29.8 Å². The molecule has 0 saturated carbocycles. The number of nitrogen functional groups attached to an aromatic ring is 1. The molecular formula is C15H22N2O3. The first kappa shape index (κ1) is 14.7. The number of anilines is 1. The number of nitrogens with zero attached hydrogens (tertiary/aromatic N) is 1. The lowest BCUT2D eigenvalue weighted by Gasteiger charge is -2.36. The summed E-state index contributed by atoms with van der Waals surface area (Å²) in [6, 6.07) is 7.38. The highest BCUT2D eigenvalue weighted by molar-refractivity contribution is 5.69. The van der Waals surface area contributed by atoms with Gasteiger partial charge in [-0.3, -0.25) is 4.90 Å². The van der Waals surface area contributed by atoms with E-state index in [2.05, 4.69) is 0 Å². The van der Waals surface area contributed by atoms with Crippen LogP contribution in [0.2, 0.25) is 0 Å². The molecular weight excluding hydrogens is 256 g/mol. The van der Waals surface area contributed by atoms with Crippen molar-refractivity contribution in [1.82, 2.24) is 4.90 Å². The molecule has 2 rings (SSSR count). The molecule has 0 unspecified atom stereocenters. The van der Waals surface area contributed by atoms with E-state index < -0.39 is 5.60 Å². The minimum atomic E-state index is -0.504. The van der Waals surface area contributed by atoms with E-state index in [4.69, 9.17) is 15.2 Å². The van der Waals surface area contributed by atoms with Gasteiger partial charge in [0.2, 0.25) is 0 Å². The van der Waals surface area contributed by atoms with E-state index in [0.29, 0.717) is 25.4 Å². The van der Waals surface area contributed by atoms with Crippen molar-refractivity contribution >= 4 is 11.8 Å². The quantitative estimate of drug-likeness (QED) is 0.802. The second-order valence-electron chi connectivity index (χ2n) is 5.93. The standard InChI is InChI=1S/C15H22N2O3/c1-15(2,3)20-14(18)17-7-8-19-10-13(17)11-5-4-6-12(16)9-11/h4-6,9,13H,7-8,10,16H2,1-3H3/t13-/m1/s1. The van der Waals surface area contributed by atoms with Gasteiger partial charge in [0.15, 0.2) is 0 Å². The van der Waals surface area contributed by atoms with Gasteiger partial charge in [0.05, 0.1) is 19.3 Å². The zero-order valence-corrected chi connectivity index (χ0v) is 12.3. The first-order valence-electron chi connectivity index (χ1n) is 6.79. The van der Waals surface area contributed by atoms with Crippen LogP contribution in [0.4, 0.5) is 10.5 Å². The number of amides is 1. The van der Waals surface area contributed by atoms with Gasteiger partial charge >= 0.3 is 6.09 Å². The topological polar surface area (TPSA) is 64.8 Å². The molecule has 2 N–H and O–H groups in total. The summed E-state index contributed by atoms with van der Waals surface area (Å²) in [5, 5.41) is 0. The molecule has 1 saturated heterocycles. The van der Waals surface area contributed by atoms with Gasteiger partial charge in [0, 0.05) is 12.2 Å². The second kappa shape index (κ2) is 5.71. The highest BCUT2D eigenvalue weighted by Gasteiger charge is 2.31. The van der Waals surface area contributed by atoms with Gasteiger partial charge in [-0.05, 0) is 38.5 Å². The second-order valence-corrected chi connectivity index (χ2v) is 5.93. The van der Waals surface area contributed by atoms with E-state index in [9.17, 15) is 4.79 Å². The Labute approximate surface area is 119 Å². The molecule has 1 heterocycles. The van der Waals surface area contributed by atoms with Gasteiger partial charge in [0.1, 0.15) is 5.60 Å². The Balaban J connectivity index is 2.19. The summed E-state index contributed by atoms with van der Waals surface area (Å²) in [5.74, 6) is 0. The third-order valence-electron chi connectivity index (χ3n) is 3.05. The van der Waals surface area contributed by atoms with Gasteiger partial charge in [-0.25, -0.2) is 4.79 Å². The maximum absolute atomic E-state index is 12.3. The first-order valence-corrected chi connectivity index (χ1v) is 6.79. The third kappa shape index (κ3) is 3.63.